The highest BCUT2D eigenvalue weighted by Crippen LogP contribution is 2.29. The topological polar surface area (TPSA) is 93.3 Å². The Hall–Kier alpha value is -2.11. The number of aliphatic carboxylic acids is 1. The van der Waals surface area contributed by atoms with Gasteiger partial charge in [0.25, 0.3) is 0 Å². The molecule has 114 valence electrons. The lowest BCUT2D eigenvalue weighted by atomic mass is 9.95. The molecule has 1 aromatic carbocycles. The molecule has 0 saturated carbocycles. The van der Waals surface area contributed by atoms with E-state index in [-0.39, 0.29) is 32.7 Å². The molecule has 2 aromatic rings. The van der Waals surface area contributed by atoms with Gasteiger partial charge in [-0.15, -0.1) is 0 Å². The Morgan fingerprint density at radius 2 is 1.91 bits per heavy atom. The van der Waals surface area contributed by atoms with E-state index in [1.54, 1.807) is 12.1 Å². The third-order valence-electron chi connectivity index (χ3n) is 3.20. The molecule has 0 bridgehead atoms. The first-order valence-electron chi connectivity index (χ1n) is 6.31. The van der Waals surface area contributed by atoms with Gasteiger partial charge in [0.15, 0.2) is 0 Å². The third kappa shape index (κ3) is 3.05. The van der Waals surface area contributed by atoms with Crippen LogP contribution in [-0.2, 0) is 4.79 Å². The van der Waals surface area contributed by atoms with Gasteiger partial charge in [-0.2, -0.15) is 0 Å². The van der Waals surface area contributed by atoms with Gasteiger partial charge in [-0.05, 0) is 30.7 Å². The smallest absolute Gasteiger partial charge is 0.310 e. The molecular formula is C15H12Cl2N2O3. The van der Waals surface area contributed by atoms with Crippen LogP contribution in [0.15, 0.2) is 30.3 Å². The molecule has 7 heteroatoms. The van der Waals surface area contributed by atoms with Crippen molar-refractivity contribution in [3.8, 4) is 0 Å². The first kappa shape index (κ1) is 16.3. The summed E-state index contributed by atoms with van der Waals surface area (Å²) in [6.07, 6.45) is 0. The van der Waals surface area contributed by atoms with E-state index in [1.165, 1.54) is 25.1 Å². The molecule has 0 saturated heterocycles. The van der Waals surface area contributed by atoms with Crippen molar-refractivity contribution in [1.29, 1.82) is 0 Å². The fourth-order valence-corrected chi connectivity index (χ4v) is 2.34. The van der Waals surface area contributed by atoms with E-state index in [1.807, 2.05) is 0 Å². The standard InChI is InChI=1S/C15H12Cl2N2O3/c1-7(15(21)22)8-5-6-11(18)19-13(8)14(20)9-3-2-4-10(16)12(9)17/h2-7H,1H3,(H2,18,19)(H,21,22). The van der Waals surface area contributed by atoms with Crippen LogP contribution in [0.5, 0.6) is 0 Å². The van der Waals surface area contributed by atoms with Crippen LogP contribution < -0.4 is 5.73 Å². The fraction of sp³-hybridized carbons (Fsp3) is 0.133. The highest BCUT2D eigenvalue weighted by atomic mass is 35.5. The summed E-state index contributed by atoms with van der Waals surface area (Å²) in [5, 5.41) is 9.48. The van der Waals surface area contributed by atoms with Crippen LogP contribution in [0, 0.1) is 0 Å². The summed E-state index contributed by atoms with van der Waals surface area (Å²) in [5.74, 6) is -2.39. The first-order valence-corrected chi connectivity index (χ1v) is 7.06. The fourth-order valence-electron chi connectivity index (χ4n) is 1.96. The van der Waals surface area contributed by atoms with Crippen LogP contribution in [0.4, 0.5) is 5.82 Å². The van der Waals surface area contributed by atoms with Gasteiger partial charge in [0.2, 0.25) is 5.78 Å². The van der Waals surface area contributed by atoms with Crippen molar-refractivity contribution in [2.45, 2.75) is 12.8 Å². The largest absolute Gasteiger partial charge is 0.481 e. The van der Waals surface area contributed by atoms with Crippen LogP contribution in [0.1, 0.15) is 34.5 Å². The second-order valence-corrected chi connectivity index (χ2v) is 5.45. The Labute approximate surface area is 136 Å². The average Bonchev–Trinajstić information content (AvgIpc) is 2.48. The summed E-state index contributed by atoms with van der Waals surface area (Å²) >= 11 is 12.0. The second kappa shape index (κ2) is 6.34. The van der Waals surface area contributed by atoms with Gasteiger partial charge in [0, 0.05) is 5.56 Å². The Bertz CT molecular complexity index is 762. The molecule has 0 aliphatic rings. The maximum Gasteiger partial charge on any atom is 0.310 e. The lowest BCUT2D eigenvalue weighted by Gasteiger charge is -2.13. The number of anilines is 1. The van der Waals surface area contributed by atoms with Crippen LogP contribution >= 0.6 is 23.2 Å². The average molecular weight is 339 g/mol. The lowest BCUT2D eigenvalue weighted by molar-refractivity contribution is -0.138. The van der Waals surface area contributed by atoms with Crippen molar-refractivity contribution in [3.63, 3.8) is 0 Å². The van der Waals surface area contributed by atoms with Gasteiger partial charge in [-0.1, -0.05) is 35.3 Å². The van der Waals surface area contributed by atoms with Gasteiger partial charge >= 0.3 is 5.97 Å². The molecule has 0 amide bonds. The number of ketones is 1. The van der Waals surface area contributed by atoms with E-state index in [4.69, 9.17) is 34.0 Å². The quantitative estimate of drug-likeness (QED) is 0.833. The predicted molar refractivity (Wildman–Crippen MR) is 84.6 cm³/mol. The zero-order valence-corrected chi connectivity index (χ0v) is 13.0. The molecular weight excluding hydrogens is 327 g/mol. The summed E-state index contributed by atoms with van der Waals surface area (Å²) < 4.78 is 0. The number of nitrogens with two attached hydrogens (primary N) is 1. The molecule has 0 fully saturated rings. The molecule has 0 spiro atoms. The number of nitrogen functional groups attached to an aromatic ring is 1. The Morgan fingerprint density at radius 3 is 2.55 bits per heavy atom. The molecule has 22 heavy (non-hydrogen) atoms. The third-order valence-corrected chi connectivity index (χ3v) is 4.02. The van der Waals surface area contributed by atoms with Gasteiger partial charge in [-0.3, -0.25) is 9.59 Å². The number of nitrogens with zero attached hydrogens (tertiary/aromatic N) is 1. The lowest BCUT2D eigenvalue weighted by Crippen LogP contribution is -2.16. The number of hydrogen-bond donors (Lipinski definition) is 2. The molecule has 0 radical (unpaired) electrons. The molecule has 1 aromatic heterocycles. The predicted octanol–water partition coefficient (Wildman–Crippen LogP) is 3.39. The van der Waals surface area contributed by atoms with E-state index >= 15 is 0 Å². The number of halogens is 2. The number of carboxylic acid groups (broad SMARTS) is 1. The Balaban J connectivity index is 2.60. The van der Waals surface area contributed by atoms with E-state index in [2.05, 4.69) is 4.98 Å². The Kier molecular flexibility index (Phi) is 4.68. The van der Waals surface area contributed by atoms with E-state index in [0.29, 0.717) is 0 Å². The van der Waals surface area contributed by atoms with E-state index in [0.717, 1.165) is 0 Å². The minimum Gasteiger partial charge on any atom is -0.481 e. The summed E-state index contributed by atoms with van der Waals surface area (Å²) in [4.78, 5) is 27.9. The Morgan fingerprint density at radius 1 is 1.23 bits per heavy atom. The molecule has 1 unspecified atom stereocenters. The second-order valence-electron chi connectivity index (χ2n) is 4.66. The van der Waals surface area contributed by atoms with Crippen molar-refractivity contribution < 1.29 is 14.7 Å². The van der Waals surface area contributed by atoms with Crippen molar-refractivity contribution in [3.05, 3.63) is 57.2 Å². The molecule has 3 N–H and O–H groups in total. The molecule has 5 nitrogen and oxygen atoms in total. The minimum atomic E-state index is -1.07. The maximum atomic E-state index is 12.7. The highest BCUT2D eigenvalue weighted by molar-refractivity contribution is 6.44. The van der Waals surface area contributed by atoms with Gasteiger partial charge in [0.05, 0.1) is 16.0 Å². The number of hydrogen-bond acceptors (Lipinski definition) is 4. The molecule has 0 aliphatic heterocycles. The number of carbonyl (C=O) groups is 2. The summed E-state index contributed by atoms with van der Waals surface area (Å²) in [6.45, 7) is 1.46. The summed E-state index contributed by atoms with van der Waals surface area (Å²) in [6, 6.07) is 7.55. The number of benzene rings is 1. The van der Waals surface area contributed by atoms with Crippen molar-refractivity contribution in [2.24, 2.45) is 0 Å². The number of pyridine rings is 1. The van der Waals surface area contributed by atoms with Crippen LogP contribution in [0.25, 0.3) is 0 Å². The number of carboxylic acids is 1. The zero-order chi connectivity index (χ0) is 16.4. The van der Waals surface area contributed by atoms with Gasteiger partial charge in [-0.25, -0.2) is 4.98 Å². The first-order chi connectivity index (χ1) is 10.3. The minimum absolute atomic E-state index is 0.0425. The highest BCUT2D eigenvalue weighted by Gasteiger charge is 2.25. The zero-order valence-electron chi connectivity index (χ0n) is 11.5. The van der Waals surface area contributed by atoms with Crippen molar-refractivity contribution >= 4 is 40.8 Å². The van der Waals surface area contributed by atoms with Gasteiger partial charge < -0.3 is 10.8 Å². The summed E-state index contributed by atoms with van der Waals surface area (Å²) in [7, 11) is 0. The normalized spacial score (nSPS) is 12.0. The summed E-state index contributed by atoms with van der Waals surface area (Å²) in [5.41, 5.74) is 5.99. The number of aromatic nitrogens is 1. The SMILES string of the molecule is CC(C(=O)O)c1ccc(N)nc1C(=O)c1cccc(Cl)c1Cl. The van der Waals surface area contributed by atoms with E-state index < -0.39 is 17.7 Å². The molecule has 2 rings (SSSR count). The van der Waals surface area contributed by atoms with Crippen LogP contribution in [0.2, 0.25) is 10.0 Å². The molecule has 1 atom stereocenters. The van der Waals surface area contributed by atoms with Gasteiger partial charge in [0.1, 0.15) is 11.5 Å². The van der Waals surface area contributed by atoms with Crippen LogP contribution in [0.3, 0.4) is 0 Å². The molecule has 0 aliphatic carbocycles. The van der Waals surface area contributed by atoms with E-state index in [9.17, 15) is 9.59 Å². The number of rotatable bonds is 4. The maximum absolute atomic E-state index is 12.7. The van der Waals surface area contributed by atoms with Crippen molar-refractivity contribution in [1.82, 2.24) is 4.98 Å². The molecule has 1 heterocycles. The van der Waals surface area contributed by atoms with Crippen molar-refractivity contribution in [2.75, 3.05) is 5.73 Å². The van der Waals surface area contributed by atoms with Crippen LogP contribution in [-0.4, -0.2) is 21.8 Å². The number of carbonyl (C=O) groups excluding carboxylic acids is 1. The monoisotopic (exact) mass is 338 g/mol.